The summed E-state index contributed by atoms with van der Waals surface area (Å²) in [6.45, 7) is 3.35. The molecule has 1 fully saturated rings. The number of benzene rings is 1. The molecule has 0 radical (unpaired) electrons. The van der Waals surface area contributed by atoms with Gasteiger partial charge in [-0.2, -0.15) is 0 Å². The van der Waals surface area contributed by atoms with E-state index in [2.05, 4.69) is 10.0 Å². The van der Waals surface area contributed by atoms with Crippen molar-refractivity contribution >= 4 is 41.3 Å². The molecule has 1 heterocycles. The van der Waals surface area contributed by atoms with Crippen LogP contribution in [0.5, 0.6) is 0 Å². The molecule has 10 nitrogen and oxygen atoms in total. The van der Waals surface area contributed by atoms with Crippen LogP contribution < -0.4 is 0 Å². The molecular weight excluding hydrogens is 450 g/mol. The zero-order valence-corrected chi connectivity index (χ0v) is 18.7. The van der Waals surface area contributed by atoms with Crippen molar-refractivity contribution in [3.63, 3.8) is 0 Å². The van der Waals surface area contributed by atoms with Gasteiger partial charge in [-0.25, -0.2) is 0 Å². The Kier molecular flexibility index (Phi) is 9.44. The second-order valence-corrected chi connectivity index (χ2v) is 8.09. The van der Waals surface area contributed by atoms with E-state index in [1.165, 1.54) is 32.5 Å². The third kappa shape index (κ3) is 7.32. The number of hydrogen-bond donors (Lipinski definition) is 0. The molecule has 0 bridgehead atoms. The van der Waals surface area contributed by atoms with E-state index in [0.717, 1.165) is 5.56 Å². The van der Waals surface area contributed by atoms with Gasteiger partial charge in [-0.05, 0) is 17.2 Å². The smallest absolute Gasteiger partial charge is 0.303 e. The molecule has 1 aliphatic heterocycles. The predicted molar refractivity (Wildman–Crippen MR) is 112 cm³/mol. The molecule has 168 valence electrons. The second kappa shape index (κ2) is 11.8. The molecule has 5 atom stereocenters. The van der Waals surface area contributed by atoms with Crippen molar-refractivity contribution in [2.75, 3.05) is 6.61 Å². The number of azide groups is 1. The number of halogens is 1. The largest absolute Gasteiger partial charge is 0.463 e. The van der Waals surface area contributed by atoms with Crippen LogP contribution in [0.2, 0.25) is 5.02 Å². The molecule has 31 heavy (non-hydrogen) atoms. The van der Waals surface area contributed by atoms with Crippen LogP contribution in [0, 0.1) is 0 Å². The SMILES string of the molecule is CC(=O)OCC1O[C@H](SCc2ccccc2Cl)C(OC(C)=O)[C@@H](N=[N+]=[N-])[C@H]1OC(C)=O. The maximum Gasteiger partial charge on any atom is 0.303 e. The zero-order chi connectivity index (χ0) is 23.0. The summed E-state index contributed by atoms with van der Waals surface area (Å²) in [7, 11) is 0. The van der Waals surface area contributed by atoms with Crippen molar-refractivity contribution in [3.8, 4) is 0 Å². The van der Waals surface area contributed by atoms with Gasteiger partial charge in [-0.3, -0.25) is 14.4 Å². The van der Waals surface area contributed by atoms with Gasteiger partial charge in [-0.15, -0.1) is 11.8 Å². The van der Waals surface area contributed by atoms with Crippen LogP contribution in [0.15, 0.2) is 29.4 Å². The molecule has 2 unspecified atom stereocenters. The Balaban J connectivity index is 2.36. The Morgan fingerprint density at radius 3 is 2.35 bits per heavy atom. The van der Waals surface area contributed by atoms with E-state index in [1.807, 2.05) is 12.1 Å². The van der Waals surface area contributed by atoms with Gasteiger partial charge in [0.05, 0.1) is 0 Å². The Morgan fingerprint density at radius 2 is 1.77 bits per heavy atom. The Hall–Kier alpha value is -2.46. The van der Waals surface area contributed by atoms with E-state index in [0.29, 0.717) is 10.8 Å². The fraction of sp³-hybridized carbons (Fsp3) is 0.526. The summed E-state index contributed by atoms with van der Waals surface area (Å²) in [5.74, 6) is -1.46. The predicted octanol–water partition coefficient (Wildman–Crippen LogP) is 3.40. The molecular formula is C19H22ClN3O7S. The number of ether oxygens (including phenoxy) is 4. The van der Waals surface area contributed by atoms with Gasteiger partial charge in [0, 0.05) is 36.5 Å². The summed E-state index contributed by atoms with van der Waals surface area (Å²) in [4.78, 5) is 37.5. The molecule has 1 aromatic rings. The first-order chi connectivity index (χ1) is 14.7. The molecule has 0 N–H and O–H groups in total. The standard InChI is InChI=1S/C19H22ClN3O7S/c1-10(24)27-8-15-17(28-11(2)25)16(22-23-21)18(29-12(3)26)19(30-15)31-9-13-6-4-5-7-14(13)20/h4-7,15-19H,8-9H2,1-3H3/t15?,16-,17-,18?,19+/m0/s1. The Morgan fingerprint density at radius 1 is 1.13 bits per heavy atom. The number of rotatable bonds is 8. The maximum absolute atomic E-state index is 11.7. The summed E-state index contributed by atoms with van der Waals surface area (Å²) in [5.41, 5.74) is 9.09. The summed E-state index contributed by atoms with van der Waals surface area (Å²) < 4.78 is 21.7. The zero-order valence-electron chi connectivity index (χ0n) is 17.1. The highest BCUT2D eigenvalue weighted by Crippen LogP contribution is 2.36. The third-order valence-corrected chi connectivity index (χ3v) is 5.77. The minimum atomic E-state index is -1.13. The molecule has 1 aromatic carbocycles. The minimum Gasteiger partial charge on any atom is -0.463 e. The molecule has 1 aliphatic rings. The first-order valence-electron chi connectivity index (χ1n) is 9.25. The highest BCUT2D eigenvalue weighted by atomic mass is 35.5. The van der Waals surface area contributed by atoms with E-state index >= 15 is 0 Å². The lowest BCUT2D eigenvalue weighted by Gasteiger charge is -2.43. The van der Waals surface area contributed by atoms with Crippen molar-refractivity contribution in [2.45, 2.75) is 56.3 Å². The summed E-state index contributed by atoms with van der Waals surface area (Å²) >= 11 is 7.47. The third-order valence-electron chi connectivity index (χ3n) is 4.22. The van der Waals surface area contributed by atoms with Crippen molar-refractivity contribution < 1.29 is 33.3 Å². The highest BCUT2D eigenvalue weighted by molar-refractivity contribution is 7.99. The van der Waals surface area contributed by atoms with Crippen LogP contribution in [0.1, 0.15) is 26.3 Å². The normalized spacial score (nSPS) is 25.1. The summed E-state index contributed by atoms with van der Waals surface area (Å²) in [6, 6.07) is 6.10. The van der Waals surface area contributed by atoms with Gasteiger partial charge >= 0.3 is 17.9 Å². The lowest BCUT2D eigenvalue weighted by atomic mass is 9.97. The molecule has 0 amide bonds. The molecule has 1 saturated heterocycles. The van der Waals surface area contributed by atoms with Crippen LogP contribution in [0.3, 0.4) is 0 Å². The molecule has 0 spiro atoms. The quantitative estimate of drug-likeness (QED) is 0.185. The number of carbonyl (C=O) groups is 3. The van der Waals surface area contributed by atoms with Crippen LogP contribution in [0.25, 0.3) is 10.4 Å². The number of esters is 3. The lowest BCUT2D eigenvalue weighted by Crippen LogP contribution is -2.59. The van der Waals surface area contributed by atoms with Gasteiger partial charge in [0.25, 0.3) is 0 Å². The number of carbonyl (C=O) groups excluding carboxylic acids is 3. The fourth-order valence-electron chi connectivity index (χ4n) is 3.00. The molecule has 0 aromatic heterocycles. The summed E-state index contributed by atoms with van der Waals surface area (Å²) in [6.07, 6.45) is -3.13. The second-order valence-electron chi connectivity index (χ2n) is 6.59. The minimum absolute atomic E-state index is 0.249. The number of hydrogen-bond acceptors (Lipinski definition) is 9. The van der Waals surface area contributed by atoms with Crippen LogP contribution in [-0.4, -0.2) is 54.3 Å². The van der Waals surface area contributed by atoms with Gasteiger partial charge in [-0.1, -0.05) is 34.9 Å². The van der Waals surface area contributed by atoms with Gasteiger partial charge < -0.3 is 18.9 Å². The van der Waals surface area contributed by atoms with E-state index in [4.69, 9.17) is 36.1 Å². The highest BCUT2D eigenvalue weighted by Gasteiger charge is 2.50. The van der Waals surface area contributed by atoms with E-state index < -0.39 is 47.7 Å². The summed E-state index contributed by atoms with van der Waals surface area (Å²) in [5, 5.41) is 4.27. The van der Waals surface area contributed by atoms with Gasteiger partial charge in [0.15, 0.2) is 0 Å². The molecule has 12 heteroatoms. The van der Waals surface area contributed by atoms with Crippen LogP contribution in [-0.2, 0) is 39.1 Å². The molecule has 0 saturated carbocycles. The Labute approximate surface area is 188 Å². The lowest BCUT2D eigenvalue weighted by molar-refractivity contribution is -0.201. The first-order valence-corrected chi connectivity index (χ1v) is 10.7. The fourth-order valence-corrected chi connectivity index (χ4v) is 4.50. The molecule has 0 aliphatic carbocycles. The van der Waals surface area contributed by atoms with Crippen molar-refractivity contribution in [1.82, 2.24) is 0 Å². The van der Waals surface area contributed by atoms with E-state index in [-0.39, 0.29) is 6.61 Å². The van der Waals surface area contributed by atoms with Crippen LogP contribution in [0.4, 0.5) is 0 Å². The number of thioether (sulfide) groups is 1. The van der Waals surface area contributed by atoms with E-state index in [1.54, 1.807) is 12.1 Å². The van der Waals surface area contributed by atoms with Crippen molar-refractivity contribution in [2.24, 2.45) is 5.11 Å². The maximum atomic E-state index is 11.7. The van der Waals surface area contributed by atoms with Crippen molar-refractivity contribution in [1.29, 1.82) is 0 Å². The molecule has 2 rings (SSSR count). The number of nitrogens with zero attached hydrogens (tertiary/aromatic N) is 3. The average Bonchev–Trinajstić information content (AvgIpc) is 2.69. The van der Waals surface area contributed by atoms with E-state index in [9.17, 15) is 14.4 Å². The topological polar surface area (TPSA) is 137 Å². The van der Waals surface area contributed by atoms with Crippen molar-refractivity contribution in [3.05, 3.63) is 45.3 Å². The van der Waals surface area contributed by atoms with Gasteiger partial charge in [0.2, 0.25) is 0 Å². The van der Waals surface area contributed by atoms with Crippen LogP contribution >= 0.6 is 23.4 Å². The average molecular weight is 472 g/mol. The first kappa shape index (κ1) is 24.8. The monoisotopic (exact) mass is 471 g/mol. The van der Waals surface area contributed by atoms with Gasteiger partial charge in [0.1, 0.15) is 36.4 Å². The Bertz CT molecular complexity index is 865.